The number of aryl methyl sites for hydroxylation is 1. The molecule has 28 heavy (non-hydrogen) atoms. The predicted molar refractivity (Wildman–Crippen MR) is 111 cm³/mol. The van der Waals surface area contributed by atoms with Gasteiger partial charge in [-0.25, -0.2) is 0 Å². The van der Waals surface area contributed by atoms with Crippen molar-refractivity contribution in [2.75, 3.05) is 13.7 Å². The van der Waals surface area contributed by atoms with E-state index in [0.29, 0.717) is 18.2 Å². The first kappa shape index (κ1) is 21.5. The third-order valence-corrected chi connectivity index (χ3v) is 4.91. The Kier molecular flexibility index (Phi) is 7.61. The van der Waals surface area contributed by atoms with Gasteiger partial charge in [0.1, 0.15) is 11.8 Å². The van der Waals surface area contributed by atoms with Crippen LogP contribution >= 0.6 is 0 Å². The standard InChI is InChI=1S/C23H30N2O3/c1-16(2)20-12-8-9-13-21(20)28-15-22(26)25(18(4)23(27)24-5)14-19-11-7-6-10-17(19)3/h6-13,16,18H,14-15H2,1-5H3,(H,24,27)/t18-/m0/s1. The molecule has 0 fully saturated rings. The summed E-state index contributed by atoms with van der Waals surface area (Å²) in [6.45, 7) is 8.14. The fourth-order valence-corrected chi connectivity index (χ4v) is 3.07. The maximum Gasteiger partial charge on any atom is 0.261 e. The molecule has 0 aliphatic carbocycles. The second kappa shape index (κ2) is 9.93. The maximum absolute atomic E-state index is 13.0. The van der Waals surface area contributed by atoms with Crippen molar-refractivity contribution in [1.29, 1.82) is 0 Å². The number of ether oxygens (including phenoxy) is 1. The number of carbonyl (C=O) groups is 2. The van der Waals surface area contributed by atoms with Crippen LogP contribution in [0.5, 0.6) is 5.75 Å². The van der Waals surface area contributed by atoms with Gasteiger partial charge in [0.2, 0.25) is 5.91 Å². The van der Waals surface area contributed by atoms with Crippen LogP contribution in [0.3, 0.4) is 0 Å². The Bertz CT molecular complexity index is 817. The van der Waals surface area contributed by atoms with E-state index < -0.39 is 6.04 Å². The summed E-state index contributed by atoms with van der Waals surface area (Å²) in [6, 6.07) is 15.0. The highest BCUT2D eigenvalue weighted by atomic mass is 16.5. The molecule has 0 saturated heterocycles. The molecule has 150 valence electrons. The summed E-state index contributed by atoms with van der Waals surface area (Å²) < 4.78 is 5.85. The molecule has 0 aliphatic heterocycles. The average molecular weight is 383 g/mol. The summed E-state index contributed by atoms with van der Waals surface area (Å²) in [5.41, 5.74) is 3.14. The largest absolute Gasteiger partial charge is 0.483 e. The van der Waals surface area contributed by atoms with Gasteiger partial charge >= 0.3 is 0 Å². The second-order valence-corrected chi connectivity index (χ2v) is 7.22. The van der Waals surface area contributed by atoms with Crippen molar-refractivity contribution in [1.82, 2.24) is 10.2 Å². The van der Waals surface area contributed by atoms with Gasteiger partial charge in [0.15, 0.2) is 6.61 Å². The molecule has 2 aromatic carbocycles. The van der Waals surface area contributed by atoms with E-state index in [1.54, 1.807) is 18.9 Å². The number of carbonyl (C=O) groups excluding carboxylic acids is 2. The quantitative estimate of drug-likeness (QED) is 0.758. The van der Waals surface area contributed by atoms with E-state index in [4.69, 9.17) is 4.74 Å². The number of benzene rings is 2. The SMILES string of the molecule is CNC(=O)[C@H](C)N(Cc1ccccc1C)C(=O)COc1ccccc1C(C)C. The number of nitrogens with zero attached hydrogens (tertiary/aromatic N) is 1. The molecule has 0 aliphatic rings. The molecule has 0 saturated carbocycles. The Morgan fingerprint density at radius 2 is 1.68 bits per heavy atom. The molecular formula is C23H30N2O3. The molecular weight excluding hydrogens is 352 g/mol. The second-order valence-electron chi connectivity index (χ2n) is 7.22. The molecule has 0 radical (unpaired) electrons. The van der Waals surface area contributed by atoms with Gasteiger partial charge in [-0.05, 0) is 42.5 Å². The number of likely N-dealkylation sites (N-methyl/N-ethyl adjacent to an activating group) is 1. The van der Waals surface area contributed by atoms with Crippen LogP contribution in [0.4, 0.5) is 0 Å². The van der Waals surface area contributed by atoms with Crippen molar-refractivity contribution < 1.29 is 14.3 Å². The lowest BCUT2D eigenvalue weighted by atomic mass is 10.0. The normalized spacial score (nSPS) is 11.8. The van der Waals surface area contributed by atoms with Gasteiger partial charge in [-0.2, -0.15) is 0 Å². The van der Waals surface area contributed by atoms with E-state index in [1.807, 2.05) is 55.5 Å². The van der Waals surface area contributed by atoms with Crippen molar-refractivity contribution >= 4 is 11.8 Å². The highest BCUT2D eigenvalue weighted by Gasteiger charge is 2.26. The highest BCUT2D eigenvalue weighted by Crippen LogP contribution is 2.26. The smallest absolute Gasteiger partial charge is 0.261 e. The number of amides is 2. The third kappa shape index (κ3) is 5.35. The molecule has 0 spiro atoms. The first-order valence-corrected chi connectivity index (χ1v) is 9.62. The van der Waals surface area contributed by atoms with Gasteiger partial charge in [-0.3, -0.25) is 9.59 Å². The van der Waals surface area contributed by atoms with Gasteiger partial charge in [-0.15, -0.1) is 0 Å². The van der Waals surface area contributed by atoms with E-state index in [2.05, 4.69) is 19.2 Å². The van der Waals surface area contributed by atoms with Crippen molar-refractivity contribution in [2.45, 2.75) is 46.2 Å². The van der Waals surface area contributed by atoms with Crippen LogP contribution in [0.25, 0.3) is 0 Å². The number of nitrogens with one attached hydrogen (secondary N) is 1. The van der Waals surface area contributed by atoms with E-state index in [9.17, 15) is 9.59 Å². The molecule has 5 nitrogen and oxygen atoms in total. The summed E-state index contributed by atoms with van der Waals surface area (Å²) in [4.78, 5) is 26.8. The lowest BCUT2D eigenvalue weighted by Gasteiger charge is -2.29. The maximum atomic E-state index is 13.0. The summed E-state index contributed by atoms with van der Waals surface area (Å²) in [6.07, 6.45) is 0. The third-order valence-electron chi connectivity index (χ3n) is 4.91. The Morgan fingerprint density at radius 1 is 1.04 bits per heavy atom. The zero-order valence-corrected chi connectivity index (χ0v) is 17.4. The van der Waals surface area contributed by atoms with E-state index in [0.717, 1.165) is 16.7 Å². The van der Waals surface area contributed by atoms with Crippen LogP contribution in [0, 0.1) is 6.92 Å². The van der Waals surface area contributed by atoms with Crippen LogP contribution < -0.4 is 10.1 Å². The van der Waals surface area contributed by atoms with Crippen LogP contribution in [0.1, 0.15) is 43.4 Å². The Balaban J connectivity index is 2.19. The number of hydrogen-bond donors (Lipinski definition) is 1. The fourth-order valence-electron chi connectivity index (χ4n) is 3.07. The van der Waals surface area contributed by atoms with Crippen molar-refractivity contribution in [2.24, 2.45) is 0 Å². The minimum absolute atomic E-state index is 0.114. The summed E-state index contributed by atoms with van der Waals surface area (Å²) in [7, 11) is 1.57. The van der Waals surface area contributed by atoms with Crippen molar-refractivity contribution in [3.05, 3.63) is 65.2 Å². The monoisotopic (exact) mass is 382 g/mol. The number of para-hydroxylation sites is 1. The predicted octanol–water partition coefficient (Wildman–Crippen LogP) is 3.66. The molecule has 5 heteroatoms. The molecule has 0 aromatic heterocycles. The first-order chi connectivity index (χ1) is 13.3. The Labute approximate surface area is 167 Å². The Morgan fingerprint density at radius 3 is 2.32 bits per heavy atom. The van der Waals surface area contributed by atoms with Crippen molar-refractivity contribution in [3.8, 4) is 5.75 Å². The number of rotatable bonds is 8. The van der Waals surface area contributed by atoms with Crippen LogP contribution in [0.15, 0.2) is 48.5 Å². The summed E-state index contributed by atoms with van der Waals surface area (Å²) in [5, 5.41) is 2.62. The molecule has 0 unspecified atom stereocenters. The first-order valence-electron chi connectivity index (χ1n) is 9.62. The zero-order valence-electron chi connectivity index (χ0n) is 17.4. The molecule has 0 bridgehead atoms. The van der Waals surface area contributed by atoms with E-state index >= 15 is 0 Å². The molecule has 2 rings (SSSR count). The lowest BCUT2D eigenvalue weighted by molar-refractivity contribution is -0.142. The molecule has 0 heterocycles. The van der Waals surface area contributed by atoms with Crippen molar-refractivity contribution in [3.63, 3.8) is 0 Å². The van der Waals surface area contributed by atoms with Gasteiger partial charge in [0.25, 0.3) is 5.91 Å². The average Bonchev–Trinajstić information content (AvgIpc) is 2.70. The van der Waals surface area contributed by atoms with Crippen LogP contribution in [-0.2, 0) is 16.1 Å². The van der Waals surface area contributed by atoms with E-state index in [1.165, 1.54) is 0 Å². The summed E-state index contributed by atoms with van der Waals surface area (Å²) >= 11 is 0. The van der Waals surface area contributed by atoms with Gasteiger partial charge in [0.05, 0.1) is 0 Å². The number of hydrogen-bond acceptors (Lipinski definition) is 3. The molecule has 2 amide bonds. The lowest BCUT2D eigenvalue weighted by Crippen LogP contribution is -2.48. The van der Waals surface area contributed by atoms with Gasteiger partial charge in [0, 0.05) is 13.6 Å². The van der Waals surface area contributed by atoms with Gasteiger partial charge in [-0.1, -0.05) is 56.3 Å². The molecule has 2 aromatic rings. The minimum Gasteiger partial charge on any atom is -0.483 e. The highest BCUT2D eigenvalue weighted by molar-refractivity contribution is 5.87. The van der Waals surface area contributed by atoms with Gasteiger partial charge < -0.3 is 15.0 Å². The van der Waals surface area contributed by atoms with E-state index in [-0.39, 0.29) is 18.4 Å². The van der Waals surface area contributed by atoms with Crippen LogP contribution in [-0.4, -0.2) is 36.4 Å². The van der Waals surface area contributed by atoms with Crippen LogP contribution in [0.2, 0.25) is 0 Å². The fraction of sp³-hybridized carbons (Fsp3) is 0.391. The molecule has 1 atom stereocenters. The minimum atomic E-state index is -0.596. The molecule has 1 N–H and O–H groups in total. The summed E-state index contributed by atoms with van der Waals surface area (Å²) in [5.74, 6) is 0.566. The zero-order chi connectivity index (χ0) is 20.7. The topological polar surface area (TPSA) is 58.6 Å². The Hall–Kier alpha value is -2.82.